The van der Waals surface area contributed by atoms with Crippen molar-refractivity contribution >= 4 is 76.5 Å². The van der Waals surface area contributed by atoms with Gasteiger partial charge in [-0.25, -0.2) is 9.97 Å². The van der Waals surface area contributed by atoms with Gasteiger partial charge in [0.25, 0.3) is 0 Å². The maximum Gasteiger partial charge on any atom is 0.235 e. The number of para-hydroxylation sites is 5. The fourth-order valence-corrected chi connectivity index (χ4v) is 9.57. The van der Waals surface area contributed by atoms with E-state index in [4.69, 9.17) is 14.4 Å². The first-order valence-electron chi connectivity index (χ1n) is 20.7. The maximum atomic E-state index is 6.46. The molecule has 0 aliphatic carbocycles. The van der Waals surface area contributed by atoms with Crippen molar-refractivity contribution in [3.63, 3.8) is 0 Å². The molecule has 0 spiro atoms. The van der Waals surface area contributed by atoms with Gasteiger partial charge in [0, 0.05) is 54.5 Å². The highest BCUT2D eigenvalue weighted by Crippen LogP contribution is 2.41. The third-order valence-corrected chi connectivity index (χ3v) is 12.3. The average Bonchev–Trinajstić information content (AvgIpc) is 3.99. The maximum absolute atomic E-state index is 6.46. The molecule has 5 nitrogen and oxygen atoms in total. The van der Waals surface area contributed by atoms with Gasteiger partial charge >= 0.3 is 0 Å². The molecule has 0 bridgehead atoms. The number of rotatable bonds is 5. The Morgan fingerprint density at radius 1 is 0.344 bits per heavy atom. The van der Waals surface area contributed by atoms with Crippen molar-refractivity contribution in [1.82, 2.24) is 19.1 Å². The Kier molecular flexibility index (Phi) is 7.24. The van der Waals surface area contributed by atoms with Crippen molar-refractivity contribution in [1.29, 1.82) is 0 Å². The van der Waals surface area contributed by atoms with Gasteiger partial charge < -0.3 is 8.98 Å². The summed E-state index contributed by atoms with van der Waals surface area (Å²) in [5.41, 5.74) is 14.8. The van der Waals surface area contributed by atoms with E-state index in [9.17, 15) is 0 Å². The van der Waals surface area contributed by atoms with E-state index in [-0.39, 0.29) is 0 Å². The number of fused-ring (bicyclic) bond motifs is 10. The SMILES string of the molecule is c1ccc(-c2nc(-n3c4ccccc4c4cc(-c5ccc6c(c5)c5ccccc5n6-c5cccc(-c6cccc7c6oc6ccccc67)c5)ccc43)nc3ccccc23)cc1. The molecule has 0 N–H and O–H groups in total. The van der Waals surface area contributed by atoms with Gasteiger partial charge in [0.2, 0.25) is 5.95 Å². The van der Waals surface area contributed by atoms with Crippen LogP contribution < -0.4 is 0 Å². The normalized spacial score (nSPS) is 11.9. The lowest BCUT2D eigenvalue weighted by Gasteiger charge is -2.12. The number of hydrogen-bond acceptors (Lipinski definition) is 3. The minimum atomic E-state index is 0.657. The summed E-state index contributed by atoms with van der Waals surface area (Å²) < 4.78 is 11.1. The topological polar surface area (TPSA) is 48.8 Å². The summed E-state index contributed by atoms with van der Waals surface area (Å²) in [6.07, 6.45) is 0. The van der Waals surface area contributed by atoms with Crippen LogP contribution in [0, 0.1) is 0 Å². The summed E-state index contributed by atoms with van der Waals surface area (Å²) in [6, 6.07) is 73.2. The zero-order chi connectivity index (χ0) is 40.0. The number of benzene rings is 9. The van der Waals surface area contributed by atoms with Gasteiger partial charge in [-0.1, -0.05) is 146 Å². The molecule has 5 heteroatoms. The molecule has 0 saturated heterocycles. The first-order chi connectivity index (χ1) is 30.2. The van der Waals surface area contributed by atoms with Crippen molar-refractivity contribution in [2.75, 3.05) is 0 Å². The highest BCUT2D eigenvalue weighted by Gasteiger charge is 2.20. The van der Waals surface area contributed by atoms with Gasteiger partial charge in [-0.05, 0) is 77.4 Å². The second-order valence-electron chi connectivity index (χ2n) is 15.8. The van der Waals surface area contributed by atoms with Gasteiger partial charge in [0.1, 0.15) is 11.2 Å². The van der Waals surface area contributed by atoms with Crippen LogP contribution in [0.3, 0.4) is 0 Å². The van der Waals surface area contributed by atoms with E-state index in [1.165, 1.54) is 10.8 Å². The van der Waals surface area contributed by atoms with Crippen molar-refractivity contribution in [3.05, 3.63) is 206 Å². The lowest BCUT2D eigenvalue weighted by atomic mass is 10.0. The van der Waals surface area contributed by atoms with E-state index < -0.39 is 0 Å². The molecule has 0 atom stereocenters. The zero-order valence-electron chi connectivity index (χ0n) is 32.8. The Balaban J connectivity index is 0.954. The molecule has 4 aromatic heterocycles. The van der Waals surface area contributed by atoms with E-state index in [0.29, 0.717) is 5.95 Å². The Morgan fingerprint density at radius 2 is 0.918 bits per heavy atom. The van der Waals surface area contributed by atoms with Crippen LogP contribution in [0.15, 0.2) is 211 Å². The molecule has 13 rings (SSSR count). The van der Waals surface area contributed by atoms with Crippen LogP contribution in [0.1, 0.15) is 0 Å². The summed E-state index contributed by atoms with van der Waals surface area (Å²) in [4.78, 5) is 10.4. The molecule has 61 heavy (non-hydrogen) atoms. The predicted molar refractivity (Wildman–Crippen MR) is 252 cm³/mol. The van der Waals surface area contributed by atoms with Gasteiger partial charge in [-0.2, -0.15) is 0 Å². The van der Waals surface area contributed by atoms with Crippen LogP contribution in [0.2, 0.25) is 0 Å². The van der Waals surface area contributed by atoms with Gasteiger partial charge in [-0.15, -0.1) is 0 Å². The molecule has 9 aromatic carbocycles. The van der Waals surface area contributed by atoms with Crippen molar-refractivity contribution in [2.45, 2.75) is 0 Å². The lowest BCUT2D eigenvalue weighted by molar-refractivity contribution is 0.670. The molecule has 284 valence electrons. The standard InChI is InChI=1S/C56H34N4O/c1-2-14-35(15-3-1)54-45-21-4-8-24-48(45)57-56(58-54)60-50-26-10-6-19-42(50)47-34-37(29-31-52(47)60)36-28-30-51-46(33-36)41-18-5-9-25-49(41)59(51)39-17-12-16-38(32-39)40-22-13-23-44-43-20-7-11-27-53(43)61-55(40)44/h1-34H. The van der Waals surface area contributed by atoms with Gasteiger partial charge in [0.05, 0.1) is 33.3 Å². The van der Waals surface area contributed by atoms with Crippen LogP contribution in [-0.2, 0) is 0 Å². The Labute approximate surface area is 350 Å². The first kappa shape index (κ1) is 33.7. The molecular formula is C56H34N4O. The summed E-state index contributed by atoms with van der Waals surface area (Å²) in [5.74, 6) is 0.657. The van der Waals surface area contributed by atoms with Crippen LogP contribution in [0.4, 0.5) is 0 Å². The smallest absolute Gasteiger partial charge is 0.235 e. The minimum absolute atomic E-state index is 0.657. The second-order valence-corrected chi connectivity index (χ2v) is 15.8. The molecule has 0 unspecified atom stereocenters. The van der Waals surface area contributed by atoms with Crippen molar-refractivity contribution in [3.8, 4) is 45.1 Å². The van der Waals surface area contributed by atoms with Gasteiger partial charge in [-0.3, -0.25) is 4.57 Å². The third-order valence-electron chi connectivity index (χ3n) is 12.3. The summed E-state index contributed by atoms with van der Waals surface area (Å²) >= 11 is 0. The molecule has 0 aliphatic rings. The molecule has 0 fully saturated rings. The number of nitrogens with zero attached hydrogens (tertiary/aromatic N) is 4. The molecule has 0 amide bonds. The van der Waals surface area contributed by atoms with Crippen LogP contribution in [0.25, 0.3) is 122 Å². The largest absolute Gasteiger partial charge is 0.455 e. The second kappa shape index (κ2) is 13.1. The summed E-state index contributed by atoms with van der Waals surface area (Å²) in [5, 5.41) is 8.03. The lowest BCUT2D eigenvalue weighted by Crippen LogP contribution is -2.03. The molecular weight excluding hydrogens is 745 g/mol. The molecule has 0 saturated carbocycles. The quantitative estimate of drug-likeness (QED) is 0.175. The Bertz CT molecular complexity index is 3890. The van der Waals surface area contributed by atoms with Crippen LogP contribution in [0.5, 0.6) is 0 Å². The highest BCUT2D eigenvalue weighted by atomic mass is 16.3. The van der Waals surface area contributed by atoms with Crippen molar-refractivity contribution in [2.24, 2.45) is 0 Å². The first-order valence-corrected chi connectivity index (χ1v) is 20.7. The van der Waals surface area contributed by atoms with Gasteiger partial charge in [0.15, 0.2) is 0 Å². The van der Waals surface area contributed by atoms with E-state index in [1.807, 2.05) is 24.3 Å². The minimum Gasteiger partial charge on any atom is -0.455 e. The van der Waals surface area contributed by atoms with Crippen molar-refractivity contribution < 1.29 is 4.42 Å². The van der Waals surface area contributed by atoms with E-state index in [0.717, 1.165) is 105 Å². The fraction of sp³-hybridized carbons (Fsp3) is 0. The average molecular weight is 779 g/mol. The molecule has 0 radical (unpaired) electrons. The number of hydrogen-bond donors (Lipinski definition) is 0. The summed E-state index contributed by atoms with van der Waals surface area (Å²) in [7, 11) is 0. The van der Waals surface area contributed by atoms with Crippen LogP contribution in [-0.4, -0.2) is 19.1 Å². The number of aromatic nitrogens is 4. The Hall–Kier alpha value is -8.28. The fourth-order valence-electron chi connectivity index (χ4n) is 9.57. The Morgan fingerprint density at radius 3 is 1.69 bits per heavy atom. The highest BCUT2D eigenvalue weighted by molar-refractivity contribution is 6.13. The third kappa shape index (κ3) is 5.14. The van der Waals surface area contributed by atoms with E-state index >= 15 is 0 Å². The van der Waals surface area contributed by atoms with E-state index in [2.05, 4.69) is 191 Å². The zero-order valence-corrected chi connectivity index (χ0v) is 32.8. The predicted octanol–water partition coefficient (Wildman–Crippen LogP) is 14.7. The summed E-state index contributed by atoms with van der Waals surface area (Å²) in [6.45, 7) is 0. The molecule has 4 heterocycles. The monoisotopic (exact) mass is 778 g/mol. The molecule has 0 aliphatic heterocycles. The van der Waals surface area contributed by atoms with Crippen LogP contribution >= 0.6 is 0 Å². The molecule has 13 aromatic rings. The van der Waals surface area contributed by atoms with E-state index in [1.54, 1.807) is 0 Å². The number of furan rings is 1.